The van der Waals surface area contributed by atoms with Crippen molar-refractivity contribution in [3.8, 4) is 5.75 Å². The summed E-state index contributed by atoms with van der Waals surface area (Å²) in [5.74, 6) is 0.273. The highest BCUT2D eigenvalue weighted by atomic mass is 16.5. The lowest BCUT2D eigenvalue weighted by Crippen LogP contribution is -2.31. The molecule has 1 aromatic carbocycles. The second kappa shape index (κ2) is 10.8. The topological polar surface area (TPSA) is 125 Å². The maximum atomic E-state index is 12.3. The van der Waals surface area contributed by atoms with Gasteiger partial charge < -0.3 is 14.0 Å². The average Bonchev–Trinajstić information content (AvgIpc) is 3.13. The summed E-state index contributed by atoms with van der Waals surface area (Å²) < 4.78 is 13.5. The van der Waals surface area contributed by atoms with Crippen molar-refractivity contribution in [3.63, 3.8) is 0 Å². The van der Waals surface area contributed by atoms with E-state index in [1.54, 1.807) is 31.3 Å². The van der Waals surface area contributed by atoms with E-state index in [4.69, 9.17) is 9.47 Å². The predicted octanol–water partition coefficient (Wildman–Crippen LogP) is 2.33. The van der Waals surface area contributed by atoms with Crippen LogP contribution in [0.1, 0.15) is 55.7 Å². The second-order valence-corrected chi connectivity index (χ2v) is 7.56. The summed E-state index contributed by atoms with van der Waals surface area (Å²) in [5, 5.41) is 0. The number of aromatic amines is 1. The minimum atomic E-state index is -0.557. The summed E-state index contributed by atoms with van der Waals surface area (Å²) in [6.07, 6.45) is 1.55. The molecule has 33 heavy (non-hydrogen) atoms. The predicted molar refractivity (Wildman–Crippen MR) is 121 cm³/mol. The van der Waals surface area contributed by atoms with Crippen LogP contribution in [0.4, 0.5) is 0 Å². The van der Waals surface area contributed by atoms with Gasteiger partial charge in [-0.15, -0.1) is 0 Å². The Morgan fingerprint density at radius 3 is 2.48 bits per heavy atom. The van der Waals surface area contributed by atoms with E-state index in [2.05, 4.69) is 9.97 Å². The number of benzene rings is 1. The Morgan fingerprint density at radius 1 is 1.09 bits per heavy atom. The molecule has 0 saturated heterocycles. The molecular weight excluding hydrogens is 428 g/mol. The molecule has 3 rings (SSSR count). The number of carbonyl (C=O) groups excluding carboxylic acids is 2. The molecule has 0 aliphatic heterocycles. The number of ether oxygens (including phenoxy) is 2. The number of hydrogen-bond donors (Lipinski definition) is 1. The van der Waals surface area contributed by atoms with Crippen molar-refractivity contribution in [1.82, 2.24) is 19.1 Å². The zero-order chi connectivity index (χ0) is 24.0. The number of nitrogens with one attached hydrogen (secondary N) is 1. The van der Waals surface area contributed by atoms with E-state index in [0.29, 0.717) is 30.3 Å². The first-order valence-corrected chi connectivity index (χ1v) is 11.0. The van der Waals surface area contributed by atoms with Crippen molar-refractivity contribution in [2.24, 2.45) is 7.05 Å². The Hall–Kier alpha value is -3.69. The number of unbranched alkanes of at least 4 members (excludes halogenated alkanes) is 1. The Kier molecular flexibility index (Phi) is 7.81. The van der Waals surface area contributed by atoms with Crippen LogP contribution in [0, 0.1) is 0 Å². The summed E-state index contributed by atoms with van der Waals surface area (Å²) in [6.45, 7) is 4.66. The third-order valence-corrected chi connectivity index (χ3v) is 5.25. The lowest BCUT2D eigenvalue weighted by atomic mass is 10.1. The molecule has 1 N–H and O–H groups in total. The van der Waals surface area contributed by atoms with E-state index in [1.807, 2.05) is 13.8 Å². The molecule has 0 amide bonds. The van der Waals surface area contributed by atoms with Gasteiger partial charge in [-0.3, -0.25) is 23.9 Å². The second-order valence-electron chi connectivity index (χ2n) is 7.56. The SMILES string of the molecule is CCCCn1c(=O)[nH]c(=O)c2c1nc(COC(=O)CCC(=O)c1ccc(OCC)cc1)n2C. The van der Waals surface area contributed by atoms with Gasteiger partial charge in [0.05, 0.1) is 13.0 Å². The van der Waals surface area contributed by atoms with Crippen LogP contribution in [0.2, 0.25) is 0 Å². The summed E-state index contributed by atoms with van der Waals surface area (Å²) in [7, 11) is 1.62. The van der Waals surface area contributed by atoms with Crippen molar-refractivity contribution in [2.75, 3.05) is 6.61 Å². The molecule has 0 radical (unpaired) electrons. The molecule has 0 fully saturated rings. The standard InChI is InChI=1S/C23H28N4O6/c1-4-6-13-27-21-20(22(30)25-23(27)31)26(3)18(24-21)14-33-19(29)12-11-17(28)15-7-9-16(10-8-15)32-5-2/h7-10H,4-6,11-14H2,1-3H3,(H,25,30,31). The molecule has 0 aliphatic rings. The highest BCUT2D eigenvalue weighted by Gasteiger charge is 2.18. The number of nitrogens with zero attached hydrogens (tertiary/aromatic N) is 3. The van der Waals surface area contributed by atoms with E-state index in [1.165, 1.54) is 9.13 Å². The number of aromatic nitrogens is 4. The van der Waals surface area contributed by atoms with Crippen LogP contribution in [-0.4, -0.2) is 37.5 Å². The van der Waals surface area contributed by atoms with Gasteiger partial charge in [0.15, 0.2) is 16.9 Å². The van der Waals surface area contributed by atoms with Crippen molar-refractivity contribution < 1.29 is 19.1 Å². The zero-order valence-corrected chi connectivity index (χ0v) is 19.1. The number of H-pyrrole nitrogens is 1. The first kappa shape index (κ1) is 24.0. The van der Waals surface area contributed by atoms with E-state index < -0.39 is 17.2 Å². The third-order valence-electron chi connectivity index (χ3n) is 5.25. The van der Waals surface area contributed by atoms with E-state index in [9.17, 15) is 19.2 Å². The molecule has 10 nitrogen and oxygen atoms in total. The molecule has 0 aliphatic carbocycles. The lowest BCUT2D eigenvalue weighted by molar-refractivity contribution is -0.145. The Labute approximate surface area is 190 Å². The van der Waals surface area contributed by atoms with Gasteiger partial charge in [-0.1, -0.05) is 13.3 Å². The minimum Gasteiger partial charge on any atom is -0.494 e. The van der Waals surface area contributed by atoms with Crippen molar-refractivity contribution >= 4 is 22.9 Å². The monoisotopic (exact) mass is 456 g/mol. The summed E-state index contributed by atoms with van der Waals surface area (Å²) >= 11 is 0. The lowest BCUT2D eigenvalue weighted by Gasteiger charge is -2.06. The van der Waals surface area contributed by atoms with Gasteiger partial charge in [0.1, 0.15) is 18.2 Å². The number of carbonyl (C=O) groups is 2. The van der Waals surface area contributed by atoms with Crippen LogP contribution >= 0.6 is 0 Å². The fourth-order valence-electron chi connectivity index (χ4n) is 3.42. The normalized spacial score (nSPS) is 11.0. The molecule has 10 heteroatoms. The Balaban J connectivity index is 1.64. The number of Topliss-reactive ketones (excluding diaryl/α,β-unsaturated/α-hetero) is 1. The average molecular weight is 456 g/mol. The number of ketones is 1. The molecule has 0 saturated carbocycles. The largest absolute Gasteiger partial charge is 0.494 e. The number of imidazole rings is 1. The van der Waals surface area contributed by atoms with Gasteiger partial charge in [-0.2, -0.15) is 0 Å². The van der Waals surface area contributed by atoms with Gasteiger partial charge in [-0.25, -0.2) is 9.78 Å². The van der Waals surface area contributed by atoms with Crippen LogP contribution in [0.15, 0.2) is 33.9 Å². The van der Waals surface area contributed by atoms with Gasteiger partial charge in [-0.05, 0) is 37.6 Å². The minimum absolute atomic E-state index is 0.00554. The molecule has 0 unspecified atom stereocenters. The van der Waals surface area contributed by atoms with Crippen LogP contribution in [0.5, 0.6) is 5.75 Å². The Bertz CT molecular complexity index is 1250. The van der Waals surface area contributed by atoms with Crippen LogP contribution in [0.25, 0.3) is 11.2 Å². The van der Waals surface area contributed by atoms with E-state index in [0.717, 1.165) is 12.8 Å². The van der Waals surface area contributed by atoms with Crippen molar-refractivity contribution in [3.05, 3.63) is 56.5 Å². The fourth-order valence-corrected chi connectivity index (χ4v) is 3.42. The van der Waals surface area contributed by atoms with Crippen molar-refractivity contribution in [2.45, 2.75) is 52.7 Å². The first-order valence-electron chi connectivity index (χ1n) is 11.0. The molecule has 0 bridgehead atoms. The first-order chi connectivity index (χ1) is 15.8. The quantitative estimate of drug-likeness (QED) is 0.347. The zero-order valence-electron chi connectivity index (χ0n) is 19.1. The highest BCUT2D eigenvalue weighted by molar-refractivity contribution is 5.97. The number of rotatable bonds is 11. The van der Waals surface area contributed by atoms with E-state index >= 15 is 0 Å². The van der Waals surface area contributed by atoms with Crippen LogP contribution in [-0.2, 0) is 29.7 Å². The maximum absolute atomic E-state index is 12.3. The number of aryl methyl sites for hydroxylation is 2. The van der Waals surface area contributed by atoms with E-state index in [-0.39, 0.29) is 36.4 Å². The number of esters is 1. The molecule has 2 heterocycles. The fraction of sp³-hybridized carbons (Fsp3) is 0.435. The smallest absolute Gasteiger partial charge is 0.330 e. The summed E-state index contributed by atoms with van der Waals surface area (Å²) in [6, 6.07) is 6.74. The van der Waals surface area contributed by atoms with Crippen LogP contribution in [0.3, 0.4) is 0 Å². The van der Waals surface area contributed by atoms with Crippen molar-refractivity contribution in [1.29, 1.82) is 0 Å². The Morgan fingerprint density at radius 2 is 1.82 bits per heavy atom. The molecule has 2 aromatic heterocycles. The molecule has 3 aromatic rings. The maximum Gasteiger partial charge on any atom is 0.330 e. The molecule has 0 atom stereocenters. The molecule has 0 spiro atoms. The summed E-state index contributed by atoms with van der Waals surface area (Å²) in [5.41, 5.74) is -0.0728. The number of hydrogen-bond acceptors (Lipinski definition) is 7. The highest BCUT2D eigenvalue weighted by Crippen LogP contribution is 2.15. The van der Waals surface area contributed by atoms with Gasteiger partial charge in [0.25, 0.3) is 5.56 Å². The molecular formula is C23H28N4O6. The molecule has 176 valence electrons. The van der Waals surface area contributed by atoms with Gasteiger partial charge in [0.2, 0.25) is 0 Å². The van der Waals surface area contributed by atoms with Gasteiger partial charge >= 0.3 is 11.7 Å². The van der Waals surface area contributed by atoms with Gasteiger partial charge in [0, 0.05) is 25.6 Å². The van der Waals surface area contributed by atoms with Crippen LogP contribution < -0.4 is 16.0 Å². The summed E-state index contributed by atoms with van der Waals surface area (Å²) in [4.78, 5) is 55.7. The number of fused-ring (bicyclic) bond motifs is 1. The third kappa shape index (κ3) is 5.57.